The Morgan fingerprint density at radius 1 is 1.40 bits per heavy atom. The van der Waals surface area contributed by atoms with Gasteiger partial charge >= 0.3 is 0 Å². The van der Waals surface area contributed by atoms with Crippen LogP contribution in [0.3, 0.4) is 0 Å². The Balaban J connectivity index is 1.75. The van der Waals surface area contributed by atoms with Crippen molar-refractivity contribution in [2.24, 2.45) is 0 Å². The standard InChI is InChI=1S/C14H16N4O2/c1-8-11(9(2)18-17-8)6-15-10-3-4-13-12(5-10)16-14(19)7-20-13/h3-5,15H,6-7H2,1-2H3,(H,16,19)(H,17,18). The third-order valence-corrected chi connectivity index (χ3v) is 3.36. The number of carbonyl (C=O) groups is 1. The first-order valence-corrected chi connectivity index (χ1v) is 6.44. The molecule has 3 rings (SSSR count). The minimum absolute atomic E-state index is 0.0766. The Labute approximate surface area is 116 Å². The van der Waals surface area contributed by atoms with Gasteiger partial charge in [-0.05, 0) is 32.0 Å². The molecule has 0 saturated heterocycles. The SMILES string of the molecule is Cc1n[nH]c(C)c1CNc1ccc2c(c1)NC(=O)CO2. The fraction of sp³-hybridized carbons (Fsp3) is 0.286. The minimum Gasteiger partial charge on any atom is -0.482 e. The topological polar surface area (TPSA) is 79.0 Å². The number of nitrogens with one attached hydrogen (secondary N) is 3. The number of aromatic amines is 1. The van der Waals surface area contributed by atoms with E-state index in [1.54, 1.807) is 0 Å². The lowest BCUT2D eigenvalue weighted by Crippen LogP contribution is -2.25. The number of carbonyl (C=O) groups excluding carboxylic acids is 1. The van der Waals surface area contributed by atoms with Crippen molar-refractivity contribution >= 4 is 17.3 Å². The Hall–Kier alpha value is -2.50. The molecule has 0 spiro atoms. The molecule has 0 unspecified atom stereocenters. The second kappa shape index (κ2) is 4.88. The van der Waals surface area contributed by atoms with Crippen LogP contribution in [0.2, 0.25) is 0 Å². The maximum Gasteiger partial charge on any atom is 0.262 e. The predicted molar refractivity (Wildman–Crippen MR) is 76.0 cm³/mol. The highest BCUT2D eigenvalue weighted by molar-refractivity contribution is 5.96. The Kier molecular flexibility index (Phi) is 3.06. The van der Waals surface area contributed by atoms with Crippen molar-refractivity contribution < 1.29 is 9.53 Å². The molecule has 6 heteroatoms. The molecule has 1 aromatic carbocycles. The van der Waals surface area contributed by atoms with Crippen molar-refractivity contribution in [2.75, 3.05) is 17.2 Å². The molecule has 1 amide bonds. The van der Waals surface area contributed by atoms with Crippen LogP contribution < -0.4 is 15.4 Å². The minimum atomic E-state index is -0.129. The summed E-state index contributed by atoms with van der Waals surface area (Å²) in [5.41, 5.74) is 4.83. The summed E-state index contributed by atoms with van der Waals surface area (Å²) >= 11 is 0. The number of hydrogen-bond donors (Lipinski definition) is 3. The maximum atomic E-state index is 11.3. The summed E-state index contributed by atoms with van der Waals surface area (Å²) in [6.45, 7) is 4.73. The molecule has 1 aromatic heterocycles. The zero-order chi connectivity index (χ0) is 14.1. The van der Waals surface area contributed by atoms with Crippen molar-refractivity contribution in [1.82, 2.24) is 10.2 Å². The number of rotatable bonds is 3. The predicted octanol–water partition coefficient (Wildman–Crippen LogP) is 1.97. The van der Waals surface area contributed by atoms with Crippen LogP contribution in [0.5, 0.6) is 5.75 Å². The van der Waals surface area contributed by atoms with Crippen LogP contribution in [0.25, 0.3) is 0 Å². The van der Waals surface area contributed by atoms with Crippen LogP contribution in [-0.4, -0.2) is 22.7 Å². The Morgan fingerprint density at radius 3 is 3.00 bits per heavy atom. The number of aromatic nitrogens is 2. The molecule has 2 heterocycles. The average molecular weight is 272 g/mol. The van der Waals surface area contributed by atoms with E-state index in [0.29, 0.717) is 18.0 Å². The highest BCUT2D eigenvalue weighted by Gasteiger charge is 2.16. The van der Waals surface area contributed by atoms with Gasteiger partial charge in [0, 0.05) is 23.5 Å². The van der Waals surface area contributed by atoms with Gasteiger partial charge < -0.3 is 15.4 Å². The molecule has 1 aliphatic rings. The molecule has 20 heavy (non-hydrogen) atoms. The third-order valence-electron chi connectivity index (χ3n) is 3.36. The first-order valence-electron chi connectivity index (χ1n) is 6.44. The number of benzene rings is 1. The first kappa shape index (κ1) is 12.5. The normalized spacial score (nSPS) is 13.4. The van der Waals surface area contributed by atoms with Gasteiger partial charge in [-0.3, -0.25) is 9.89 Å². The summed E-state index contributed by atoms with van der Waals surface area (Å²) in [6, 6.07) is 5.66. The van der Waals surface area contributed by atoms with Gasteiger partial charge in [-0.15, -0.1) is 0 Å². The Bertz CT molecular complexity index is 644. The van der Waals surface area contributed by atoms with Crippen LogP contribution in [0, 0.1) is 13.8 Å². The highest BCUT2D eigenvalue weighted by atomic mass is 16.5. The molecule has 2 aromatic rings. The van der Waals surface area contributed by atoms with Crippen molar-refractivity contribution in [1.29, 1.82) is 0 Å². The Morgan fingerprint density at radius 2 is 2.25 bits per heavy atom. The molecule has 0 atom stereocenters. The summed E-state index contributed by atoms with van der Waals surface area (Å²) < 4.78 is 5.32. The molecule has 0 fully saturated rings. The summed E-state index contributed by atoms with van der Waals surface area (Å²) in [4.78, 5) is 11.3. The van der Waals surface area contributed by atoms with E-state index in [-0.39, 0.29) is 12.5 Å². The van der Waals surface area contributed by atoms with Crippen molar-refractivity contribution in [3.8, 4) is 5.75 Å². The van der Waals surface area contributed by atoms with E-state index < -0.39 is 0 Å². The number of anilines is 2. The van der Waals surface area contributed by atoms with E-state index in [1.165, 1.54) is 0 Å². The third kappa shape index (κ3) is 2.32. The number of hydrogen-bond acceptors (Lipinski definition) is 4. The van der Waals surface area contributed by atoms with Gasteiger partial charge in [-0.1, -0.05) is 0 Å². The van der Waals surface area contributed by atoms with Gasteiger partial charge in [0.25, 0.3) is 5.91 Å². The van der Waals surface area contributed by atoms with Crippen molar-refractivity contribution in [3.63, 3.8) is 0 Å². The van der Waals surface area contributed by atoms with Gasteiger partial charge in [0.1, 0.15) is 5.75 Å². The lowest BCUT2D eigenvalue weighted by atomic mass is 10.2. The quantitative estimate of drug-likeness (QED) is 0.798. The number of H-pyrrole nitrogens is 1. The van der Waals surface area contributed by atoms with E-state index in [2.05, 4.69) is 20.8 Å². The summed E-state index contributed by atoms with van der Waals surface area (Å²) in [5, 5.41) is 13.2. The van der Waals surface area contributed by atoms with Crippen LogP contribution >= 0.6 is 0 Å². The van der Waals surface area contributed by atoms with Crippen molar-refractivity contribution in [3.05, 3.63) is 35.2 Å². The smallest absolute Gasteiger partial charge is 0.262 e. The van der Waals surface area contributed by atoms with E-state index in [0.717, 1.165) is 22.6 Å². The maximum absolute atomic E-state index is 11.3. The van der Waals surface area contributed by atoms with Gasteiger partial charge in [-0.25, -0.2) is 0 Å². The fourth-order valence-electron chi connectivity index (χ4n) is 2.22. The number of fused-ring (bicyclic) bond motifs is 1. The first-order chi connectivity index (χ1) is 9.63. The second-order valence-corrected chi connectivity index (χ2v) is 4.81. The molecule has 3 N–H and O–H groups in total. The molecule has 1 aliphatic heterocycles. The molecule has 0 radical (unpaired) electrons. The number of nitrogens with zero attached hydrogens (tertiary/aromatic N) is 1. The number of amides is 1. The highest BCUT2D eigenvalue weighted by Crippen LogP contribution is 2.30. The molecule has 0 saturated carbocycles. The molecule has 6 nitrogen and oxygen atoms in total. The van der Waals surface area contributed by atoms with Crippen LogP contribution in [-0.2, 0) is 11.3 Å². The van der Waals surface area contributed by atoms with Gasteiger partial charge in [0.15, 0.2) is 6.61 Å². The molecular weight excluding hydrogens is 256 g/mol. The molecule has 104 valence electrons. The average Bonchev–Trinajstić information content (AvgIpc) is 2.75. The number of ether oxygens (including phenoxy) is 1. The lowest BCUT2D eigenvalue weighted by molar-refractivity contribution is -0.118. The second-order valence-electron chi connectivity index (χ2n) is 4.81. The number of aryl methyl sites for hydroxylation is 2. The lowest BCUT2D eigenvalue weighted by Gasteiger charge is -2.19. The molecule has 0 bridgehead atoms. The zero-order valence-corrected chi connectivity index (χ0v) is 11.4. The van der Waals surface area contributed by atoms with E-state index in [1.807, 2.05) is 32.0 Å². The van der Waals surface area contributed by atoms with E-state index >= 15 is 0 Å². The van der Waals surface area contributed by atoms with Gasteiger partial charge in [0.05, 0.1) is 11.4 Å². The van der Waals surface area contributed by atoms with Crippen LogP contribution in [0.1, 0.15) is 17.0 Å². The molecule has 0 aliphatic carbocycles. The van der Waals surface area contributed by atoms with E-state index in [4.69, 9.17) is 4.74 Å². The van der Waals surface area contributed by atoms with Crippen molar-refractivity contribution in [2.45, 2.75) is 20.4 Å². The fourth-order valence-corrected chi connectivity index (χ4v) is 2.22. The van der Waals surface area contributed by atoms with E-state index in [9.17, 15) is 4.79 Å². The molecular formula is C14H16N4O2. The van der Waals surface area contributed by atoms with Gasteiger partial charge in [0.2, 0.25) is 0 Å². The van der Waals surface area contributed by atoms with Gasteiger partial charge in [-0.2, -0.15) is 5.10 Å². The summed E-state index contributed by atoms with van der Waals surface area (Å²) in [5.74, 6) is 0.571. The largest absolute Gasteiger partial charge is 0.482 e. The zero-order valence-electron chi connectivity index (χ0n) is 11.4. The monoisotopic (exact) mass is 272 g/mol. The summed E-state index contributed by atoms with van der Waals surface area (Å²) in [6.07, 6.45) is 0. The van der Waals surface area contributed by atoms with Crippen LogP contribution in [0.15, 0.2) is 18.2 Å². The van der Waals surface area contributed by atoms with Crippen LogP contribution in [0.4, 0.5) is 11.4 Å². The summed E-state index contributed by atoms with van der Waals surface area (Å²) in [7, 11) is 0.